The number of carbonyl (C=O) groups excluding carboxylic acids is 1. The molecule has 7 heteroatoms. The minimum Gasteiger partial charge on any atom is -0.339 e. The third-order valence-corrected chi connectivity index (χ3v) is 9.76. The number of hydrogen-bond acceptors (Lipinski definition) is 5. The van der Waals surface area contributed by atoms with Crippen molar-refractivity contribution in [3.05, 3.63) is 0 Å². The number of amides is 1. The number of fused-ring (bicyclic) bond motifs is 1. The first kappa shape index (κ1) is 24.1. The molecule has 6 nitrogen and oxygen atoms in total. The summed E-state index contributed by atoms with van der Waals surface area (Å²) >= 11 is 0. The summed E-state index contributed by atoms with van der Waals surface area (Å²) in [7, 11) is 6.03. The van der Waals surface area contributed by atoms with E-state index in [4.69, 9.17) is 13.6 Å². The molecule has 0 aromatic heterocycles. The summed E-state index contributed by atoms with van der Waals surface area (Å²) in [5.74, 6) is 2.58. The molecule has 2 saturated carbocycles. The molecule has 5 rings (SSSR count). The van der Waals surface area contributed by atoms with Crippen molar-refractivity contribution in [1.82, 2.24) is 20.7 Å². The maximum absolute atomic E-state index is 13.7. The highest BCUT2D eigenvalue weighted by molar-refractivity contribution is 6.11. The van der Waals surface area contributed by atoms with Gasteiger partial charge in [-0.05, 0) is 88.4 Å². The zero-order valence-corrected chi connectivity index (χ0v) is 20.9. The maximum atomic E-state index is 13.7. The first-order valence-electron chi connectivity index (χ1n) is 14.1. The van der Waals surface area contributed by atoms with Crippen molar-refractivity contribution in [2.24, 2.45) is 29.4 Å². The first-order valence-corrected chi connectivity index (χ1v) is 14.1. The predicted octanol–water partition coefficient (Wildman–Crippen LogP) is 2.72. The summed E-state index contributed by atoms with van der Waals surface area (Å²) in [6.07, 6.45) is 14.2. The number of nitrogens with one attached hydrogen (secondary N) is 2. The smallest absolute Gasteiger partial charge is 0.228 e. The van der Waals surface area contributed by atoms with Gasteiger partial charge in [-0.3, -0.25) is 10.2 Å². The van der Waals surface area contributed by atoms with E-state index in [2.05, 4.69) is 34.5 Å². The Morgan fingerprint density at radius 3 is 2.30 bits per heavy atom. The second kappa shape index (κ2) is 10.2. The van der Waals surface area contributed by atoms with Crippen LogP contribution in [-0.2, 0) is 4.79 Å². The molecular weight excluding hydrogens is 409 g/mol. The number of hydrazine groups is 1. The van der Waals surface area contributed by atoms with E-state index in [1.54, 1.807) is 0 Å². The fourth-order valence-electron chi connectivity index (χ4n) is 7.93. The molecule has 5 aliphatic rings. The summed E-state index contributed by atoms with van der Waals surface area (Å²) in [6, 6.07) is 2.01. The number of nitrogens with zero attached hydrogens (tertiary/aromatic N) is 2. The van der Waals surface area contributed by atoms with Crippen LogP contribution in [0, 0.1) is 23.7 Å². The third-order valence-electron chi connectivity index (χ3n) is 9.76. The Balaban J connectivity index is 1.30. The molecule has 0 aromatic carbocycles. The van der Waals surface area contributed by atoms with Gasteiger partial charge in [0.1, 0.15) is 0 Å². The monoisotopic (exact) mass is 455 g/mol. The van der Waals surface area contributed by atoms with Gasteiger partial charge < -0.3 is 16.0 Å². The standard InChI is InChI=1S/C26H46BN5O/c1-3-5-20-24-21(4-2)31(26(33)19-12-13-23(27)29-25(19)28)15-14-22(24)32(30-20)18-10-8-17(9-11-18)16-6-7-16/h16-25,29-30H,3-15,28H2,1-2H3. The van der Waals surface area contributed by atoms with E-state index in [0.29, 0.717) is 30.1 Å². The lowest BCUT2D eigenvalue weighted by Gasteiger charge is -2.48. The fourth-order valence-corrected chi connectivity index (χ4v) is 7.93. The minimum atomic E-state index is -0.331. The Morgan fingerprint density at radius 2 is 1.70 bits per heavy atom. The van der Waals surface area contributed by atoms with Crippen LogP contribution in [0.15, 0.2) is 0 Å². The van der Waals surface area contributed by atoms with Crippen molar-refractivity contribution in [1.29, 1.82) is 0 Å². The van der Waals surface area contributed by atoms with E-state index >= 15 is 0 Å². The molecule has 3 heterocycles. The van der Waals surface area contributed by atoms with Crippen molar-refractivity contribution in [3.8, 4) is 0 Å². The highest BCUT2D eigenvalue weighted by Gasteiger charge is 2.52. The molecular formula is C26H46BN5O. The quantitative estimate of drug-likeness (QED) is 0.537. The Labute approximate surface area is 202 Å². The number of rotatable bonds is 6. The van der Waals surface area contributed by atoms with Gasteiger partial charge in [0.2, 0.25) is 5.91 Å². The average Bonchev–Trinajstić information content (AvgIpc) is 3.60. The van der Waals surface area contributed by atoms with Gasteiger partial charge in [-0.25, -0.2) is 5.01 Å². The number of hydrogen-bond donors (Lipinski definition) is 3. The summed E-state index contributed by atoms with van der Waals surface area (Å²) in [5.41, 5.74) is 10.4. The van der Waals surface area contributed by atoms with E-state index < -0.39 is 0 Å². The second-order valence-electron chi connectivity index (χ2n) is 11.8. The van der Waals surface area contributed by atoms with Gasteiger partial charge in [-0.2, -0.15) is 0 Å². The molecule has 0 bridgehead atoms. The number of carbonyl (C=O) groups is 1. The van der Waals surface area contributed by atoms with Crippen LogP contribution in [0.4, 0.5) is 0 Å². The largest absolute Gasteiger partial charge is 0.339 e. The van der Waals surface area contributed by atoms with Crippen LogP contribution in [0.2, 0.25) is 0 Å². The van der Waals surface area contributed by atoms with E-state index in [1.807, 2.05) is 0 Å². The summed E-state index contributed by atoms with van der Waals surface area (Å²) in [5, 5.41) is 5.91. The molecule has 7 atom stereocenters. The van der Waals surface area contributed by atoms with Crippen LogP contribution in [0.5, 0.6) is 0 Å². The lowest BCUT2D eigenvalue weighted by atomic mass is 9.76. The third kappa shape index (κ3) is 4.77. The Hall–Kier alpha value is -0.625. The Kier molecular flexibility index (Phi) is 7.42. The van der Waals surface area contributed by atoms with Crippen LogP contribution in [0.25, 0.3) is 0 Å². The molecule has 3 aliphatic heterocycles. The first-order chi connectivity index (χ1) is 16.0. The van der Waals surface area contributed by atoms with Crippen LogP contribution in [0.3, 0.4) is 0 Å². The number of nitrogens with two attached hydrogens (primary N) is 1. The molecule has 0 spiro atoms. The Bertz CT molecular complexity index is 682. The normalized spacial score (nSPS) is 44.6. The predicted molar refractivity (Wildman–Crippen MR) is 133 cm³/mol. The molecule has 0 aromatic rings. The van der Waals surface area contributed by atoms with Crippen LogP contribution in [-0.4, -0.2) is 66.5 Å². The lowest BCUT2D eigenvalue weighted by molar-refractivity contribution is -0.144. The van der Waals surface area contributed by atoms with Gasteiger partial charge in [0.15, 0.2) is 0 Å². The van der Waals surface area contributed by atoms with Gasteiger partial charge in [-0.1, -0.05) is 20.3 Å². The van der Waals surface area contributed by atoms with Gasteiger partial charge in [0, 0.05) is 36.6 Å². The highest BCUT2D eigenvalue weighted by atomic mass is 16.2. The SMILES string of the molecule is [B]C1CCC(C(=O)N2CCC3C(C(CCC)NN3C3CCC(C4CC4)CC3)C2CC)C(N)N1. The van der Waals surface area contributed by atoms with Crippen molar-refractivity contribution in [2.45, 2.75) is 127 Å². The molecule has 5 fully saturated rings. The number of piperidine rings is 2. The second-order valence-corrected chi connectivity index (χ2v) is 11.8. The van der Waals surface area contributed by atoms with E-state index in [0.717, 1.165) is 44.1 Å². The van der Waals surface area contributed by atoms with E-state index in [-0.39, 0.29) is 23.9 Å². The van der Waals surface area contributed by atoms with Crippen molar-refractivity contribution < 1.29 is 4.79 Å². The topological polar surface area (TPSA) is 73.6 Å². The van der Waals surface area contributed by atoms with Crippen LogP contribution >= 0.6 is 0 Å². The molecule has 7 unspecified atom stereocenters. The van der Waals surface area contributed by atoms with E-state index in [1.165, 1.54) is 51.4 Å². The molecule has 4 N–H and O–H groups in total. The van der Waals surface area contributed by atoms with Crippen LogP contribution < -0.4 is 16.5 Å². The van der Waals surface area contributed by atoms with E-state index in [9.17, 15) is 4.79 Å². The van der Waals surface area contributed by atoms with Crippen LogP contribution in [0.1, 0.15) is 90.9 Å². The highest BCUT2D eigenvalue weighted by Crippen LogP contribution is 2.46. The molecule has 2 aliphatic carbocycles. The summed E-state index contributed by atoms with van der Waals surface area (Å²) in [4.78, 5) is 15.9. The fraction of sp³-hybridized carbons (Fsp3) is 0.962. The van der Waals surface area contributed by atoms with Crippen molar-refractivity contribution in [3.63, 3.8) is 0 Å². The molecule has 3 saturated heterocycles. The molecule has 184 valence electrons. The van der Waals surface area contributed by atoms with Crippen molar-refractivity contribution >= 4 is 13.8 Å². The number of likely N-dealkylation sites (tertiary alicyclic amines) is 1. The summed E-state index contributed by atoms with van der Waals surface area (Å²) < 4.78 is 0. The Morgan fingerprint density at radius 1 is 1.00 bits per heavy atom. The molecule has 1 amide bonds. The lowest BCUT2D eigenvalue weighted by Crippen LogP contribution is -2.62. The minimum absolute atomic E-state index is 0.0895. The summed E-state index contributed by atoms with van der Waals surface area (Å²) in [6.45, 7) is 5.43. The maximum Gasteiger partial charge on any atom is 0.228 e. The molecule has 2 radical (unpaired) electrons. The average molecular weight is 456 g/mol. The van der Waals surface area contributed by atoms with Gasteiger partial charge in [0.05, 0.1) is 19.9 Å². The molecule has 33 heavy (non-hydrogen) atoms. The van der Waals surface area contributed by atoms with Gasteiger partial charge in [-0.15, -0.1) is 0 Å². The van der Waals surface area contributed by atoms with Gasteiger partial charge >= 0.3 is 0 Å². The van der Waals surface area contributed by atoms with Crippen molar-refractivity contribution in [2.75, 3.05) is 6.54 Å². The zero-order valence-electron chi connectivity index (χ0n) is 20.9. The zero-order chi connectivity index (χ0) is 23.1. The van der Waals surface area contributed by atoms with Gasteiger partial charge in [0.25, 0.3) is 0 Å².